The SMILES string of the molecule is CN1C(=O)C(NC(=O)Nc2cccc(OCCN3CCOCC3)c2)(C2CCCCC2)N=Cc2ccccc21. The number of aliphatic imine (C=N–C) groups is 1. The van der Waals surface area contributed by atoms with Gasteiger partial charge in [0.1, 0.15) is 12.4 Å². The third-order valence-corrected chi connectivity index (χ3v) is 7.71. The highest BCUT2D eigenvalue weighted by Gasteiger charge is 2.49. The molecule has 1 atom stereocenters. The topological polar surface area (TPSA) is 95.5 Å². The van der Waals surface area contributed by atoms with Crippen LogP contribution >= 0.6 is 0 Å². The summed E-state index contributed by atoms with van der Waals surface area (Å²) in [6.07, 6.45) is 6.55. The average Bonchev–Trinajstić information content (AvgIpc) is 3.05. The van der Waals surface area contributed by atoms with E-state index in [1.807, 2.05) is 42.5 Å². The number of nitrogens with one attached hydrogen (secondary N) is 2. The summed E-state index contributed by atoms with van der Waals surface area (Å²) in [6.45, 7) is 4.71. The van der Waals surface area contributed by atoms with Crippen LogP contribution in [0.25, 0.3) is 0 Å². The standard InChI is InChI=1S/C29H37N5O4/c1-33-26-13-6-5-8-22(26)21-30-29(27(33)35,23-9-3-2-4-10-23)32-28(36)31-24-11-7-12-25(20-24)38-19-16-34-14-17-37-18-15-34/h5-8,11-13,20-21,23H,2-4,9-10,14-19H2,1H3,(H2,31,32,36). The molecule has 2 aromatic carbocycles. The lowest BCUT2D eigenvalue weighted by atomic mass is 9.79. The lowest BCUT2D eigenvalue weighted by Crippen LogP contribution is -2.63. The average molecular weight is 520 g/mol. The van der Waals surface area contributed by atoms with Crippen molar-refractivity contribution in [2.24, 2.45) is 10.9 Å². The molecule has 202 valence electrons. The number of nitrogens with zero attached hydrogens (tertiary/aromatic N) is 3. The molecule has 1 saturated heterocycles. The zero-order valence-corrected chi connectivity index (χ0v) is 22.0. The summed E-state index contributed by atoms with van der Waals surface area (Å²) >= 11 is 0. The van der Waals surface area contributed by atoms with Gasteiger partial charge in [0.25, 0.3) is 5.91 Å². The highest BCUT2D eigenvalue weighted by molar-refractivity contribution is 6.09. The number of para-hydroxylation sites is 1. The number of likely N-dealkylation sites (N-methyl/N-ethyl adjacent to an activating group) is 1. The quantitative estimate of drug-likeness (QED) is 0.579. The molecule has 2 fully saturated rings. The lowest BCUT2D eigenvalue weighted by Gasteiger charge is -2.40. The first kappa shape index (κ1) is 26.2. The summed E-state index contributed by atoms with van der Waals surface area (Å²) in [7, 11) is 1.75. The van der Waals surface area contributed by atoms with Crippen LogP contribution in [0.4, 0.5) is 16.2 Å². The largest absolute Gasteiger partial charge is 0.492 e. The molecular weight excluding hydrogens is 482 g/mol. The van der Waals surface area contributed by atoms with Crippen LogP contribution in [0.5, 0.6) is 5.75 Å². The van der Waals surface area contributed by atoms with Crippen LogP contribution in [-0.4, -0.2) is 75.2 Å². The van der Waals surface area contributed by atoms with Gasteiger partial charge in [-0.3, -0.25) is 14.7 Å². The van der Waals surface area contributed by atoms with Crippen molar-refractivity contribution < 1.29 is 19.1 Å². The van der Waals surface area contributed by atoms with E-state index in [-0.39, 0.29) is 11.8 Å². The second kappa shape index (κ2) is 12.0. The van der Waals surface area contributed by atoms with E-state index in [0.29, 0.717) is 18.0 Å². The number of ether oxygens (including phenoxy) is 2. The third-order valence-electron chi connectivity index (χ3n) is 7.71. The van der Waals surface area contributed by atoms with Crippen LogP contribution in [0.15, 0.2) is 53.5 Å². The number of hydrogen-bond acceptors (Lipinski definition) is 6. The van der Waals surface area contributed by atoms with Gasteiger partial charge in [-0.15, -0.1) is 0 Å². The molecule has 3 amide bonds. The van der Waals surface area contributed by atoms with E-state index in [2.05, 4.69) is 15.5 Å². The van der Waals surface area contributed by atoms with E-state index in [1.54, 1.807) is 24.2 Å². The molecule has 2 N–H and O–H groups in total. The number of benzene rings is 2. The van der Waals surface area contributed by atoms with Crippen LogP contribution in [0.1, 0.15) is 37.7 Å². The van der Waals surface area contributed by atoms with Crippen LogP contribution in [0, 0.1) is 5.92 Å². The Morgan fingerprint density at radius 3 is 2.71 bits per heavy atom. The number of hydrogen-bond donors (Lipinski definition) is 2. The van der Waals surface area contributed by atoms with Gasteiger partial charge >= 0.3 is 6.03 Å². The van der Waals surface area contributed by atoms with Crippen molar-refractivity contribution in [3.05, 3.63) is 54.1 Å². The minimum atomic E-state index is -1.37. The number of carbonyl (C=O) groups is 2. The van der Waals surface area contributed by atoms with E-state index in [9.17, 15) is 9.59 Å². The third kappa shape index (κ3) is 5.84. The first-order valence-electron chi connectivity index (χ1n) is 13.6. The van der Waals surface area contributed by atoms with Crippen LogP contribution in [-0.2, 0) is 9.53 Å². The summed E-state index contributed by atoms with van der Waals surface area (Å²) in [5.74, 6) is 0.370. The first-order chi connectivity index (χ1) is 18.5. The summed E-state index contributed by atoms with van der Waals surface area (Å²) in [5, 5.41) is 5.92. The fourth-order valence-corrected chi connectivity index (χ4v) is 5.60. The molecule has 9 nitrogen and oxygen atoms in total. The van der Waals surface area contributed by atoms with E-state index >= 15 is 0 Å². The first-order valence-corrected chi connectivity index (χ1v) is 13.6. The molecule has 1 saturated carbocycles. The molecule has 38 heavy (non-hydrogen) atoms. The number of fused-ring (bicyclic) bond motifs is 1. The molecule has 0 radical (unpaired) electrons. The smallest absolute Gasteiger partial charge is 0.321 e. The van der Waals surface area contributed by atoms with Gasteiger partial charge in [-0.2, -0.15) is 0 Å². The number of rotatable bonds is 7. The fourth-order valence-electron chi connectivity index (χ4n) is 5.60. The molecule has 0 bridgehead atoms. The molecule has 0 spiro atoms. The maximum absolute atomic E-state index is 14.0. The Labute approximate surface area is 224 Å². The fraction of sp³-hybridized carbons (Fsp3) is 0.483. The van der Waals surface area contributed by atoms with Crippen molar-refractivity contribution in [1.82, 2.24) is 10.2 Å². The summed E-state index contributed by atoms with van der Waals surface area (Å²) in [4.78, 5) is 36.1. The minimum absolute atomic E-state index is 0.0858. The molecule has 2 heterocycles. The minimum Gasteiger partial charge on any atom is -0.492 e. The molecule has 1 aliphatic carbocycles. The van der Waals surface area contributed by atoms with Crippen molar-refractivity contribution in [2.45, 2.75) is 37.8 Å². The molecule has 2 aliphatic heterocycles. The van der Waals surface area contributed by atoms with Gasteiger partial charge in [0.2, 0.25) is 5.66 Å². The van der Waals surface area contributed by atoms with Crippen molar-refractivity contribution in [2.75, 3.05) is 56.7 Å². The van der Waals surface area contributed by atoms with Gasteiger partial charge in [0, 0.05) is 56.1 Å². The van der Waals surface area contributed by atoms with Gasteiger partial charge in [-0.05, 0) is 31.0 Å². The van der Waals surface area contributed by atoms with Crippen LogP contribution < -0.4 is 20.3 Å². The highest BCUT2D eigenvalue weighted by atomic mass is 16.5. The maximum atomic E-state index is 14.0. The zero-order chi connectivity index (χ0) is 26.4. The Bertz CT molecular complexity index is 1160. The number of carbonyl (C=O) groups excluding carboxylic acids is 2. The molecule has 2 aromatic rings. The van der Waals surface area contributed by atoms with E-state index in [4.69, 9.17) is 14.5 Å². The monoisotopic (exact) mass is 519 g/mol. The summed E-state index contributed by atoms with van der Waals surface area (Å²) in [5.41, 5.74) is 0.852. The van der Waals surface area contributed by atoms with Crippen molar-refractivity contribution in [1.29, 1.82) is 0 Å². The van der Waals surface area contributed by atoms with E-state index in [0.717, 1.165) is 76.2 Å². The number of urea groups is 1. The summed E-state index contributed by atoms with van der Waals surface area (Å²) in [6, 6.07) is 14.5. The molecule has 9 heteroatoms. The van der Waals surface area contributed by atoms with Gasteiger partial charge in [-0.25, -0.2) is 4.79 Å². The molecular formula is C29H37N5O4. The van der Waals surface area contributed by atoms with E-state index < -0.39 is 11.7 Å². The molecule has 5 rings (SSSR count). The number of amides is 3. The predicted molar refractivity (Wildman–Crippen MR) is 148 cm³/mol. The lowest BCUT2D eigenvalue weighted by molar-refractivity contribution is -0.126. The number of morpholine rings is 1. The number of benzodiazepines with no additional fused rings is 1. The molecule has 1 unspecified atom stereocenters. The Hall–Kier alpha value is -3.43. The summed E-state index contributed by atoms with van der Waals surface area (Å²) < 4.78 is 11.3. The van der Waals surface area contributed by atoms with Crippen molar-refractivity contribution >= 4 is 29.5 Å². The van der Waals surface area contributed by atoms with Crippen molar-refractivity contribution in [3.8, 4) is 5.75 Å². The number of anilines is 2. The Morgan fingerprint density at radius 1 is 1.11 bits per heavy atom. The second-order valence-electron chi connectivity index (χ2n) is 10.2. The van der Waals surface area contributed by atoms with Gasteiger partial charge in [0.05, 0.1) is 18.9 Å². The Balaban J connectivity index is 1.29. The predicted octanol–water partition coefficient (Wildman–Crippen LogP) is 3.89. The molecule has 0 aromatic heterocycles. The van der Waals surface area contributed by atoms with Gasteiger partial charge < -0.3 is 25.0 Å². The highest BCUT2D eigenvalue weighted by Crippen LogP contribution is 2.38. The van der Waals surface area contributed by atoms with Crippen LogP contribution in [0.2, 0.25) is 0 Å². The Kier molecular flexibility index (Phi) is 8.24. The molecule has 3 aliphatic rings. The Morgan fingerprint density at radius 2 is 1.89 bits per heavy atom. The van der Waals surface area contributed by atoms with Crippen molar-refractivity contribution in [3.63, 3.8) is 0 Å². The second-order valence-corrected chi connectivity index (χ2v) is 10.2. The van der Waals surface area contributed by atoms with Gasteiger partial charge in [0.15, 0.2) is 0 Å². The van der Waals surface area contributed by atoms with E-state index in [1.165, 1.54) is 0 Å². The van der Waals surface area contributed by atoms with Crippen LogP contribution in [0.3, 0.4) is 0 Å². The van der Waals surface area contributed by atoms with Gasteiger partial charge in [-0.1, -0.05) is 43.5 Å². The maximum Gasteiger partial charge on any atom is 0.321 e. The normalized spacial score (nSPS) is 22.4. The zero-order valence-electron chi connectivity index (χ0n) is 22.0.